The van der Waals surface area contributed by atoms with Crippen molar-refractivity contribution in [3.8, 4) is 0 Å². The molecule has 1 amide bonds. The van der Waals surface area contributed by atoms with Crippen molar-refractivity contribution in [3.05, 3.63) is 38.9 Å². The summed E-state index contributed by atoms with van der Waals surface area (Å²) in [7, 11) is 1.63. The fraction of sp³-hybridized carbons (Fsp3) is 0.571. The van der Waals surface area contributed by atoms with Crippen molar-refractivity contribution in [2.75, 3.05) is 33.4 Å². The molecule has 2 N–H and O–H groups in total. The van der Waals surface area contributed by atoms with Gasteiger partial charge in [0.25, 0.3) is 11.5 Å². The van der Waals surface area contributed by atoms with Crippen molar-refractivity contribution in [1.82, 2.24) is 19.8 Å². The van der Waals surface area contributed by atoms with Crippen LogP contribution in [0.15, 0.2) is 23.0 Å². The van der Waals surface area contributed by atoms with Gasteiger partial charge in [-0.2, -0.15) is 0 Å². The van der Waals surface area contributed by atoms with E-state index in [1.165, 1.54) is 0 Å². The fourth-order valence-electron chi connectivity index (χ4n) is 3.85. The van der Waals surface area contributed by atoms with Crippen molar-refractivity contribution < 1.29 is 9.53 Å². The maximum absolute atomic E-state index is 12.8. The highest BCUT2D eigenvalue weighted by molar-refractivity contribution is 7.71. The highest BCUT2D eigenvalue weighted by atomic mass is 32.1. The normalized spacial score (nSPS) is 15.7. The smallest absolute Gasteiger partial charge is 0.262 e. The quantitative estimate of drug-likeness (QED) is 0.509. The summed E-state index contributed by atoms with van der Waals surface area (Å²) in [5, 5.41) is 3.66. The molecule has 0 aliphatic carbocycles. The number of nitrogens with zero attached hydrogens (tertiary/aromatic N) is 2. The Morgan fingerprint density at radius 3 is 2.76 bits per heavy atom. The van der Waals surface area contributed by atoms with Gasteiger partial charge in [-0.15, -0.1) is 0 Å². The number of carbonyl (C=O) groups excluding carboxylic acids is 1. The molecule has 1 aromatic carbocycles. The largest absolute Gasteiger partial charge is 0.385 e. The van der Waals surface area contributed by atoms with Crippen LogP contribution in [0.3, 0.4) is 0 Å². The lowest BCUT2D eigenvalue weighted by atomic mass is 10.0. The summed E-state index contributed by atoms with van der Waals surface area (Å²) in [5.41, 5.74) is 0.985. The molecular formula is C21H30N4O3S. The average Bonchev–Trinajstić information content (AvgIpc) is 2.71. The molecule has 1 aromatic heterocycles. The lowest BCUT2D eigenvalue weighted by Crippen LogP contribution is -2.44. The van der Waals surface area contributed by atoms with E-state index in [0.717, 1.165) is 38.9 Å². The van der Waals surface area contributed by atoms with Gasteiger partial charge in [-0.25, -0.2) is 0 Å². The first kappa shape index (κ1) is 21.7. The van der Waals surface area contributed by atoms with Crippen molar-refractivity contribution in [1.29, 1.82) is 0 Å². The number of rotatable bonds is 8. The van der Waals surface area contributed by atoms with Crippen molar-refractivity contribution in [2.45, 2.75) is 45.2 Å². The number of carbonyl (C=O) groups is 1. The molecule has 7 nitrogen and oxygen atoms in total. The number of fused-ring (bicyclic) bond motifs is 1. The van der Waals surface area contributed by atoms with Gasteiger partial charge in [-0.1, -0.05) is 6.92 Å². The van der Waals surface area contributed by atoms with Gasteiger partial charge in [-0.3, -0.25) is 14.2 Å². The van der Waals surface area contributed by atoms with Gasteiger partial charge in [0.1, 0.15) is 0 Å². The number of benzene rings is 1. The highest BCUT2D eigenvalue weighted by Crippen LogP contribution is 2.14. The van der Waals surface area contributed by atoms with Gasteiger partial charge >= 0.3 is 0 Å². The zero-order chi connectivity index (χ0) is 20.8. The lowest BCUT2D eigenvalue weighted by molar-refractivity contribution is 0.0911. The van der Waals surface area contributed by atoms with Crippen LogP contribution >= 0.6 is 12.2 Å². The van der Waals surface area contributed by atoms with Gasteiger partial charge in [0.15, 0.2) is 4.77 Å². The summed E-state index contributed by atoms with van der Waals surface area (Å²) < 4.78 is 6.95. The minimum atomic E-state index is -0.143. The maximum atomic E-state index is 12.8. The SMILES string of the molecule is CCCN1CCC(NC(=O)c2ccc3c(=O)n(CCCOC)c(=S)[nH]c3c2)CC1. The number of hydrogen-bond acceptors (Lipinski definition) is 5. The van der Waals surface area contributed by atoms with E-state index in [9.17, 15) is 9.59 Å². The number of aromatic nitrogens is 2. The number of likely N-dealkylation sites (tertiary alicyclic amines) is 1. The minimum Gasteiger partial charge on any atom is -0.385 e. The lowest BCUT2D eigenvalue weighted by Gasteiger charge is -2.32. The number of nitrogens with one attached hydrogen (secondary N) is 2. The van der Waals surface area contributed by atoms with E-state index in [1.54, 1.807) is 29.9 Å². The predicted octanol–water partition coefficient (Wildman–Crippen LogP) is 2.70. The number of piperidine rings is 1. The highest BCUT2D eigenvalue weighted by Gasteiger charge is 2.21. The summed E-state index contributed by atoms with van der Waals surface area (Å²) in [6.45, 7) is 6.41. The van der Waals surface area contributed by atoms with Gasteiger partial charge < -0.3 is 19.9 Å². The van der Waals surface area contributed by atoms with Crippen LogP contribution in [0, 0.1) is 4.77 Å². The monoisotopic (exact) mass is 418 g/mol. The van der Waals surface area contributed by atoms with E-state index < -0.39 is 0 Å². The predicted molar refractivity (Wildman–Crippen MR) is 117 cm³/mol. The van der Waals surface area contributed by atoms with E-state index >= 15 is 0 Å². The Morgan fingerprint density at radius 1 is 1.31 bits per heavy atom. The van der Waals surface area contributed by atoms with E-state index in [1.807, 2.05) is 0 Å². The number of aromatic amines is 1. The molecular weight excluding hydrogens is 388 g/mol. The van der Waals surface area contributed by atoms with Crippen molar-refractivity contribution in [2.24, 2.45) is 0 Å². The van der Waals surface area contributed by atoms with Crippen LogP contribution in [-0.4, -0.2) is 59.8 Å². The molecule has 0 spiro atoms. The Morgan fingerprint density at radius 2 is 2.07 bits per heavy atom. The van der Waals surface area contributed by atoms with Crippen molar-refractivity contribution in [3.63, 3.8) is 0 Å². The van der Waals surface area contributed by atoms with Crippen LogP contribution in [0.5, 0.6) is 0 Å². The van der Waals surface area contributed by atoms with E-state index in [-0.39, 0.29) is 17.5 Å². The van der Waals surface area contributed by atoms with Crippen LogP contribution in [0.2, 0.25) is 0 Å². The molecule has 29 heavy (non-hydrogen) atoms. The summed E-state index contributed by atoms with van der Waals surface area (Å²) in [5.74, 6) is -0.107. The molecule has 0 saturated carbocycles. The molecule has 1 aliphatic rings. The van der Waals surface area contributed by atoms with Gasteiger partial charge in [-0.05, 0) is 62.6 Å². The number of ether oxygens (including phenoxy) is 1. The molecule has 1 fully saturated rings. The molecule has 0 atom stereocenters. The fourth-order valence-corrected chi connectivity index (χ4v) is 4.14. The van der Waals surface area contributed by atoms with Crippen LogP contribution < -0.4 is 10.9 Å². The van der Waals surface area contributed by atoms with E-state index in [0.29, 0.717) is 40.8 Å². The third-order valence-electron chi connectivity index (χ3n) is 5.44. The Kier molecular flexibility index (Phi) is 7.57. The van der Waals surface area contributed by atoms with E-state index in [4.69, 9.17) is 17.0 Å². The molecule has 0 radical (unpaired) electrons. The second-order valence-electron chi connectivity index (χ2n) is 7.58. The van der Waals surface area contributed by atoms with Crippen LogP contribution in [-0.2, 0) is 11.3 Å². The summed E-state index contributed by atoms with van der Waals surface area (Å²) in [6.07, 6.45) is 3.79. The van der Waals surface area contributed by atoms with E-state index in [2.05, 4.69) is 22.1 Å². The first-order valence-electron chi connectivity index (χ1n) is 10.3. The number of amides is 1. The Hall–Kier alpha value is -2.03. The third-order valence-corrected chi connectivity index (χ3v) is 5.76. The molecule has 1 saturated heterocycles. The van der Waals surface area contributed by atoms with Crippen LogP contribution in [0.1, 0.15) is 43.0 Å². The molecule has 2 heterocycles. The maximum Gasteiger partial charge on any atom is 0.262 e. The summed E-state index contributed by atoms with van der Waals surface area (Å²) in [4.78, 5) is 31.0. The second-order valence-corrected chi connectivity index (χ2v) is 7.97. The molecule has 0 unspecified atom stereocenters. The van der Waals surface area contributed by atoms with Crippen LogP contribution in [0.4, 0.5) is 0 Å². The average molecular weight is 419 g/mol. The Labute approximate surface area is 176 Å². The Balaban J connectivity index is 1.72. The van der Waals surface area contributed by atoms with Gasteiger partial charge in [0.2, 0.25) is 0 Å². The molecule has 0 bridgehead atoms. The first-order chi connectivity index (χ1) is 14.0. The molecule has 3 rings (SSSR count). The second kappa shape index (κ2) is 10.1. The number of H-pyrrole nitrogens is 1. The third kappa shape index (κ3) is 5.32. The molecule has 158 valence electrons. The zero-order valence-electron chi connectivity index (χ0n) is 17.2. The van der Waals surface area contributed by atoms with Gasteiger partial charge in [0, 0.05) is 45.0 Å². The first-order valence-corrected chi connectivity index (χ1v) is 10.7. The standard InChI is InChI=1S/C21H30N4O3S/c1-3-9-24-11-7-16(8-12-24)22-19(26)15-5-6-17-18(14-15)23-21(29)25(20(17)27)10-4-13-28-2/h5-6,14,16H,3-4,7-13H2,1-2H3,(H,22,26)(H,23,29). The molecule has 2 aromatic rings. The van der Waals surface area contributed by atoms with Crippen LogP contribution in [0.25, 0.3) is 10.9 Å². The van der Waals surface area contributed by atoms with Crippen molar-refractivity contribution >= 4 is 29.0 Å². The topological polar surface area (TPSA) is 79.4 Å². The summed E-state index contributed by atoms with van der Waals surface area (Å²) in [6, 6.07) is 5.32. The zero-order valence-corrected chi connectivity index (χ0v) is 18.0. The van der Waals surface area contributed by atoms with Gasteiger partial charge in [0.05, 0.1) is 10.9 Å². The minimum absolute atomic E-state index is 0.107. The Bertz CT molecular complexity index is 961. The number of methoxy groups -OCH3 is 1. The molecule has 8 heteroatoms. The molecule has 1 aliphatic heterocycles. The summed E-state index contributed by atoms with van der Waals surface area (Å²) >= 11 is 5.35. The number of hydrogen-bond donors (Lipinski definition) is 2.